The number of nitrogens with zero attached hydrogens (tertiary/aromatic N) is 3. The quantitative estimate of drug-likeness (QED) is 0.230. The van der Waals surface area contributed by atoms with E-state index in [0.29, 0.717) is 17.6 Å². The first-order chi connectivity index (χ1) is 19.4. The fraction of sp³-hybridized carbons (Fsp3) is 0.516. The van der Waals surface area contributed by atoms with Gasteiger partial charge in [-0.05, 0) is 98.4 Å². The summed E-state index contributed by atoms with van der Waals surface area (Å²) in [6.45, 7) is 5.92. The van der Waals surface area contributed by atoms with Gasteiger partial charge in [-0.3, -0.25) is 0 Å². The van der Waals surface area contributed by atoms with E-state index in [1.807, 2.05) is 17.2 Å². The lowest BCUT2D eigenvalue weighted by Gasteiger charge is -2.31. The minimum Gasteiger partial charge on any atom is -0.371 e. The predicted molar refractivity (Wildman–Crippen MR) is 151 cm³/mol. The Morgan fingerprint density at radius 3 is 2.02 bits per heavy atom. The molecule has 0 aliphatic heterocycles. The Kier molecular flexibility index (Phi) is 8.60. The van der Waals surface area contributed by atoms with Crippen LogP contribution in [-0.2, 0) is 38.3 Å². The number of hydrogen-bond donors (Lipinski definition) is 0. The van der Waals surface area contributed by atoms with Crippen LogP contribution in [0.2, 0.25) is 0 Å². The van der Waals surface area contributed by atoms with E-state index in [1.165, 1.54) is 48.1 Å². The first kappa shape index (κ1) is 29.7. The van der Waals surface area contributed by atoms with E-state index in [9.17, 15) is 26.3 Å². The average Bonchev–Trinajstić information content (AvgIpc) is 3.67. The fourth-order valence-electron chi connectivity index (χ4n) is 6.20. The van der Waals surface area contributed by atoms with E-state index in [0.717, 1.165) is 61.4 Å². The number of hydrogen-bond acceptors (Lipinski definition) is 4. The molecule has 5 rings (SSSR count). The average molecular weight is 596 g/mol. The predicted octanol–water partition coefficient (Wildman–Crippen LogP) is 9.20. The number of fused-ring (bicyclic) bond motifs is 1. The van der Waals surface area contributed by atoms with Gasteiger partial charge in [0.1, 0.15) is 0 Å². The molecule has 1 heterocycles. The molecule has 1 saturated carbocycles. The van der Waals surface area contributed by atoms with Gasteiger partial charge in [0, 0.05) is 37.2 Å². The number of benzene rings is 2. The van der Waals surface area contributed by atoms with Crippen molar-refractivity contribution in [2.24, 2.45) is 5.92 Å². The summed E-state index contributed by atoms with van der Waals surface area (Å²) in [6.07, 6.45) is -1.83. The second kappa shape index (κ2) is 11.9. The van der Waals surface area contributed by atoms with Gasteiger partial charge < -0.3 is 9.80 Å². The summed E-state index contributed by atoms with van der Waals surface area (Å²) in [7, 11) is 0. The Balaban J connectivity index is 1.54. The summed E-state index contributed by atoms with van der Waals surface area (Å²) >= 11 is 1.34. The zero-order chi connectivity index (χ0) is 29.4. The van der Waals surface area contributed by atoms with Crippen molar-refractivity contribution in [3.63, 3.8) is 0 Å². The molecule has 2 aromatic carbocycles. The maximum Gasteiger partial charge on any atom is 0.416 e. The number of aryl methyl sites for hydroxylation is 3. The Morgan fingerprint density at radius 1 is 0.829 bits per heavy atom. The summed E-state index contributed by atoms with van der Waals surface area (Å²) < 4.78 is 81.7. The van der Waals surface area contributed by atoms with Gasteiger partial charge in [-0.15, -0.1) is 11.3 Å². The fourth-order valence-corrected chi connectivity index (χ4v) is 7.00. The van der Waals surface area contributed by atoms with Crippen molar-refractivity contribution < 1.29 is 26.3 Å². The van der Waals surface area contributed by atoms with Crippen molar-refractivity contribution in [1.82, 2.24) is 4.98 Å². The van der Waals surface area contributed by atoms with Gasteiger partial charge in [0.05, 0.1) is 16.8 Å². The lowest BCUT2D eigenvalue weighted by atomic mass is 10.0. The molecule has 222 valence electrons. The lowest BCUT2D eigenvalue weighted by molar-refractivity contribution is -0.143. The molecule has 0 radical (unpaired) electrons. The molecule has 0 spiro atoms. The van der Waals surface area contributed by atoms with Crippen LogP contribution >= 0.6 is 11.3 Å². The van der Waals surface area contributed by atoms with Gasteiger partial charge in [-0.25, -0.2) is 4.98 Å². The third-order valence-electron chi connectivity index (χ3n) is 8.23. The van der Waals surface area contributed by atoms with Gasteiger partial charge in [0.25, 0.3) is 0 Å². The molecule has 1 aromatic heterocycles. The summed E-state index contributed by atoms with van der Waals surface area (Å²) in [4.78, 5) is 8.80. The highest BCUT2D eigenvalue weighted by molar-refractivity contribution is 7.13. The first-order valence-corrected chi connectivity index (χ1v) is 15.1. The second-order valence-corrected chi connectivity index (χ2v) is 12.2. The highest BCUT2D eigenvalue weighted by Crippen LogP contribution is 2.39. The van der Waals surface area contributed by atoms with Gasteiger partial charge in [-0.2, -0.15) is 26.3 Å². The summed E-state index contributed by atoms with van der Waals surface area (Å²) in [6, 6.07) is 6.31. The number of alkyl halides is 6. The van der Waals surface area contributed by atoms with E-state index in [2.05, 4.69) is 28.9 Å². The van der Waals surface area contributed by atoms with Crippen molar-refractivity contribution in [2.45, 2.75) is 84.2 Å². The number of anilines is 2. The van der Waals surface area contributed by atoms with Crippen LogP contribution in [0.25, 0.3) is 0 Å². The number of rotatable bonds is 9. The number of aromatic nitrogens is 1. The molecule has 0 N–H and O–H groups in total. The highest BCUT2D eigenvalue weighted by Gasteiger charge is 2.37. The molecule has 1 fully saturated rings. The Morgan fingerprint density at radius 2 is 1.46 bits per heavy atom. The van der Waals surface area contributed by atoms with Crippen molar-refractivity contribution in [2.75, 3.05) is 22.9 Å². The second-order valence-electron chi connectivity index (χ2n) is 11.3. The molecule has 10 heteroatoms. The largest absolute Gasteiger partial charge is 0.416 e. The minimum absolute atomic E-state index is 0.0546. The van der Waals surface area contributed by atoms with Crippen LogP contribution in [0.4, 0.5) is 37.2 Å². The van der Waals surface area contributed by atoms with Crippen molar-refractivity contribution in [1.29, 1.82) is 0 Å². The van der Waals surface area contributed by atoms with Crippen molar-refractivity contribution >= 4 is 22.2 Å². The Labute approximate surface area is 241 Å². The van der Waals surface area contributed by atoms with E-state index in [4.69, 9.17) is 0 Å². The smallest absolute Gasteiger partial charge is 0.371 e. The van der Waals surface area contributed by atoms with E-state index in [-0.39, 0.29) is 18.2 Å². The molecule has 2 aliphatic rings. The van der Waals surface area contributed by atoms with Gasteiger partial charge in [-0.1, -0.05) is 18.9 Å². The van der Waals surface area contributed by atoms with Crippen LogP contribution in [0.3, 0.4) is 0 Å². The minimum atomic E-state index is -4.90. The Bertz CT molecular complexity index is 1320. The van der Waals surface area contributed by atoms with Crippen LogP contribution in [0.1, 0.15) is 78.1 Å². The number of halogens is 6. The summed E-state index contributed by atoms with van der Waals surface area (Å²) in [5.41, 5.74) is 2.84. The zero-order valence-electron chi connectivity index (χ0n) is 23.3. The molecule has 3 aromatic rings. The molecule has 0 amide bonds. The third kappa shape index (κ3) is 7.01. The molecule has 0 bridgehead atoms. The first-order valence-electron chi connectivity index (χ1n) is 14.3. The summed E-state index contributed by atoms with van der Waals surface area (Å²) in [5.74, 6) is 0.625. The Hall–Kier alpha value is -2.75. The van der Waals surface area contributed by atoms with Crippen LogP contribution in [-0.4, -0.2) is 18.1 Å². The standard InChI is InChI=1S/C31H35F6N3S/c1-3-39(16-21-7-4-5-8-21)28-14-24-10-6-9-23(24)13-25(28)18-40(29-38-20(2)19-41-29)17-22-11-26(30(32,33)34)15-27(12-22)31(35,36)37/h11-15,19,21H,3-10,16-18H2,1-2H3. The molecule has 41 heavy (non-hydrogen) atoms. The normalized spacial score (nSPS) is 15.9. The zero-order valence-corrected chi connectivity index (χ0v) is 24.2. The SMILES string of the molecule is CCN(CC1CCCC1)c1cc2c(cc1CN(Cc1cc(C(F)(F)F)cc(C(F)(F)F)c1)c1nc(C)cs1)CCC2. The monoisotopic (exact) mass is 595 g/mol. The van der Waals surface area contributed by atoms with E-state index in [1.54, 1.807) is 0 Å². The maximum atomic E-state index is 13.6. The van der Waals surface area contributed by atoms with E-state index >= 15 is 0 Å². The van der Waals surface area contributed by atoms with E-state index < -0.39 is 23.5 Å². The third-order valence-corrected chi connectivity index (χ3v) is 9.25. The van der Waals surface area contributed by atoms with Gasteiger partial charge >= 0.3 is 12.4 Å². The van der Waals surface area contributed by atoms with Crippen molar-refractivity contribution in [3.05, 3.63) is 74.8 Å². The molecule has 0 saturated heterocycles. The maximum absolute atomic E-state index is 13.6. The molecule has 0 unspecified atom stereocenters. The summed E-state index contributed by atoms with van der Waals surface area (Å²) in [5, 5.41) is 2.41. The van der Waals surface area contributed by atoms with Crippen LogP contribution in [0.15, 0.2) is 35.7 Å². The van der Waals surface area contributed by atoms with Gasteiger partial charge in [0.15, 0.2) is 5.13 Å². The van der Waals surface area contributed by atoms with Crippen LogP contribution in [0.5, 0.6) is 0 Å². The molecule has 3 nitrogen and oxygen atoms in total. The molecular formula is C31H35F6N3S. The molecular weight excluding hydrogens is 560 g/mol. The molecule has 0 atom stereocenters. The molecule has 2 aliphatic carbocycles. The highest BCUT2D eigenvalue weighted by atomic mass is 32.1. The van der Waals surface area contributed by atoms with Crippen molar-refractivity contribution in [3.8, 4) is 0 Å². The number of thiazole rings is 1. The topological polar surface area (TPSA) is 19.4 Å². The van der Waals surface area contributed by atoms with Crippen LogP contribution in [0, 0.1) is 12.8 Å². The van der Waals surface area contributed by atoms with Gasteiger partial charge in [0.2, 0.25) is 0 Å². The lowest BCUT2D eigenvalue weighted by Crippen LogP contribution is -2.31. The van der Waals surface area contributed by atoms with Crippen LogP contribution < -0.4 is 9.80 Å².